The number of benzene rings is 3. The third kappa shape index (κ3) is 10.1. The van der Waals surface area contributed by atoms with Crippen molar-refractivity contribution in [2.45, 2.75) is 64.8 Å². The van der Waals surface area contributed by atoms with Crippen molar-refractivity contribution < 1.29 is 31.2 Å². The summed E-state index contributed by atoms with van der Waals surface area (Å²) in [6.45, 7) is 5.53. The van der Waals surface area contributed by atoms with Crippen molar-refractivity contribution in [3.05, 3.63) is 101 Å². The van der Waals surface area contributed by atoms with Gasteiger partial charge in [-0.1, -0.05) is 66.2 Å². The van der Waals surface area contributed by atoms with Gasteiger partial charge >= 0.3 is 6.18 Å². The molecule has 232 valence electrons. The number of nitrogens with one attached hydrogen (secondary N) is 1. The highest BCUT2D eigenvalue weighted by molar-refractivity contribution is 7.92. The lowest BCUT2D eigenvalue weighted by molar-refractivity contribution is -0.141. The van der Waals surface area contributed by atoms with Crippen LogP contribution in [-0.4, -0.2) is 50.0 Å². The quantitative estimate of drug-likeness (QED) is 0.266. The summed E-state index contributed by atoms with van der Waals surface area (Å²) in [7, 11) is -3.96. The topological polar surface area (TPSA) is 86.8 Å². The number of rotatable bonds is 13. The molecule has 0 saturated heterocycles. The van der Waals surface area contributed by atoms with Crippen molar-refractivity contribution in [2.24, 2.45) is 0 Å². The molecule has 0 aromatic heterocycles. The Bertz CT molecular complexity index is 1480. The molecule has 3 aromatic rings. The van der Waals surface area contributed by atoms with E-state index in [1.165, 1.54) is 11.0 Å². The molecule has 0 saturated carbocycles. The predicted molar refractivity (Wildman–Crippen MR) is 162 cm³/mol. The Kier molecular flexibility index (Phi) is 11.4. The Balaban J connectivity index is 1.89. The number of carbonyl (C=O) groups is 2. The van der Waals surface area contributed by atoms with E-state index in [1.54, 1.807) is 0 Å². The summed E-state index contributed by atoms with van der Waals surface area (Å²) in [5.74, 6) is -0.695. The van der Waals surface area contributed by atoms with Gasteiger partial charge in [-0.3, -0.25) is 13.9 Å². The van der Waals surface area contributed by atoms with Crippen LogP contribution in [0.1, 0.15) is 48.9 Å². The van der Waals surface area contributed by atoms with E-state index in [4.69, 9.17) is 0 Å². The van der Waals surface area contributed by atoms with E-state index in [-0.39, 0.29) is 55.9 Å². The summed E-state index contributed by atoms with van der Waals surface area (Å²) in [5, 5.41) is 2.91. The zero-order chi connectivity index (χ0) is 31.8. The minimum absolute atomic E-state index is 0.0242. The van der Waals surface area contributed by atoms with Gasteiger partial charge in [0.15, 0.2) is 0 Å². The van der Waals surface area contributed by atoms with Crippen molar-refractivity contribution in [1.29, 1.82) is 0 Å². The smallest absolute Gasteiger partial charge is 0.352 e. The van der Waals surface area contributed by atoms with Crippen molar-refractivity contribution >= 4 is 27.5 Å². The van der Waals surface area contributed by atoms with Crippen molar-refractivity contribution in [3.8, 4) is 0 Å². The first-order valence-electron chi connectivity index (χ1n) is 14.0. The van der Waals surface area contributed by atoms with E-state index in [0.717, 1.165) is 45.5 Å². The Morgan fingerprint density at radius 1 is 0.907 bits per heavy atom. The summed E-state index contributed by atoms with van der Waals surface area (Å²) in [6.07, 6.45) is -3.58. The first-order chi connectivity index (χ1) is 20.1. The highest BCUT2D eigenvalue weighted by atomic mass is 32.2. The van der Waals surface area contributed by atoms with E-state index in [9.17, 15) is 31.2 Å². The number of hydrogen-bond donors (Lipinski definition) is 1. The van der Waals surface area contributed by atoms with Gasteiger partial charge in [0.1, 0.15) is 6.04 Å². The molecule has 1 atom stereocenters. The second-order valence-corrected chi connectivity index (χ2v) is 12.8. The number of alkyl halides is 3. The minimum Gasteiger partial charge on any atom is -0.352 e. The van der Waals surface area contributed by atoms with Crippen LogP contribution in [0.3, 0.4) is 0 Å². The zero-order valence-electron chi connectivity index (χ0n) is 24.8. The number of anilines is 1. The molecular formula is C32H38F3N3O4S. The number of hydrogen-bond acceptors (Lipinski definition) is 4. The molecule has 2 amide bonds. The lowest BCUT2D eigenvalue weighted by atomic mass is 10.0. The molecule has 7 nitrogen and oxygen atoms in total. The van der Waals surface area contributed by atoms with E-state index in [2.05, 4.69) is 5.32 Å². The molecule has 0 aliphatic rings. The van der Waals surface area contributed by atoms with Crippen molar-refractivity contribution in [3.63, 3.8) is 0 Å². The van der Waals surface area contributed by atoms with Crippen molar-refractivity contribution in [2.75, 3.05) is 17.1 Å². The van der Waals surface area contributed by atoms with E-state index in [0.29, 0.717) is 0 Å². The van der Waals surface area contributed by atoms with Gasteiger partial charge in [-0.25, -0.2) is 8.42 Å². The van der Waals surface area contributed by atoms with E-state index < -0.39 is 27.8 Å². The van der Waals surface area contributed by atoms with Gasteiger partial charge in [-0.15, -0.1) is 0 Å². The van der Waals surface area contributed by atoms with Crippen LogP contribution in [0.2, 0.25) is 0 Å². The van der Waals surface area contributed by atoms with Gasteiger partial charge < -0.3 is 10.2 Å². The molecule has 0 aliphatic heterocycles. The first-order valence-corrected chi connectivity index (χ1v) is 15.8. The second kappa shape index (κ2) is 14.5. The Morgan fingerprint density at radius 2 is 1.56 bits per heavy atom. The number of nitrogens with zero attached hydrogens (tertiary/aromatic N) is 2. The van der Waals surface area contributed by atoms with Gasteiger partial charge in [0.05, 0.1) is 17.5 Å². The fourth-order valence-electron chi connectivity index (χ4n) is 4.67. The average Bonchev–Trinajstić information content (AvgIpc) is 2.93. The van der Waals surface area contributed by atoms with Gasteiger partial charge in [0, 0.05) is 32.0 Å². The molecule has 43 heavy (non-hydrogen) atoms. The number of amides is 2. The molecule has 0 bridgehead atoms. The zero-order valence-corrected chi connectivity index (χ0v) is 25.6. The third-order valence-electron chi connectivity index (χ3n) is 6.79. The van der Waals surface area contributed by atoms with Gasteiger partial charge in [0.25, 0.3) is 0 Å². The monoisotopic (exact) mass is 617 g/mol. The molecule has 1 N–H and O–H groups in total. The SMILES string of the molecule is Cc1ccc(CN(C(=O)CCCN(c2cccc(C(F)(F)F)c2)S(C)(=O)=O)C(Cc2ccccc2)C(=O)NC(C)C)cc1. The number of sulfonamides is 1. The van der Waals surface area contributed by atoms with Crippen LogP contribution < -0.4 is 9.62 Å². The van der Waals surface area contributed by atoms with Gasteiger partial charge in [-0.2, -0.15) is 13.2 Å². The fourth-order valence-corrected chi connectivity index (χ4v) is 5.62. The lowest BCUT2D eigenvalue weighted by Gasteiger charge is -2.32. The summed E-state index contributed by atoms with van der Waals surface area (Å²) in [4.78, 5) is 28.8. The van der Waals surface area contributed by atoms with E-state index in [1.807, 2.05) is 75.4 Å². The minimum atomic E-state index is -4.64. The lowest BCUT2D eigenvalue weighted by Crippen LogP contribution is -2.51. The maximum atomic E-state index is 13.8. The molecule has 3 aromatic carbocycles. The Labute approximate surface area is 251 Å². The second-order valence-electron chi connectivity index (χ2n) is 10.9. The molecule has 0 heterocycles. The summed E-state index contributed by atoms with van der Waals surface area (Å²) < 4.78 is 65.9. The van der Waals surface area contributed by atoms with Crippen LogP contribution in [0.5, 0.6) is 0 Å². The average molecular weight is 618 g/mol. The standard InChI is InChI=1S/C32H38F3N3O4S/c1-23(2)36-31(40)29(20-25-10-6-5-7-11-25)37(22-26-17-15-24(3)16-18-26)30(39)14-9-19-38(43(4,41)42)28-13-8-12-27(21-28)32(33,34)35/h5-8,10-13,15-18,21,23,29H,9,14,19-20,22H2,1-4H3,(H,36,40). The summed E-state index contributed by atoms with van der Waals surface area (Å²) in [6, 6.07) is 20.0. The van der Waals surface area contributed by atoms with Crippen LogP contribution in [0.25, 0.3) is 0 Å². The van der Waals surface area contributed by atoms with Crippen LogP contribution in [0, 0.1) is 6.92 Å². The number of aryl methyl sites for hydroxylation is 1. The Hall–Kier alpha value is -3.86. The third-order valence-corrected chi connectivity index (χ3v) is 7.98. The summed E-state index contributed by atoms with van der Waals surface area (Å²) >= 11 is 0. The molecule has 0 spiro atoms. The van der Waals surface area contributed by atoms with Crippen LogP contribution in [0.4, 0.5) is 18.9 Å². The van der Waals surface area contributed by atoms with Gasteiger partial charge in [0.2, 0.25) is 21.8 Å². The normalized spacial score (nSPS) is 12.6. The van der Waals surface area contributed by atoms with Gasteiger partial charge in [-0.05, 0) is 56.5 Å². The first kappa shape index (κ1) is 33.6. The largest absolute Gasteiger partial charge is 0.416 e. The molecule has 0 fully saturated rings. The molecule has 0 radical (unpaired) electrons. The molecule has 11 heteroatoms. The Morgan fingerprint density at radius 3 is 2.14 bits per heavy atom. The maximum absolute atomic E-state index is 13.8. The predicted octanol–water partition coefficient (Wildman–Crippen LogP) is 5.72. The molecule has 1 unspecified atom stereocenters. The number of halogens is 3. The highest BCUT2D eigenvalue weighted by Crippen LogP contribution is 2.32. The summed E-state index contributed by atoms with van der Waals surface area (Å²) in [5.41, 5.74) is 1.60. The van der Waals surface area contributed by atoms with Crippen LogP contribution in [-0.2, 0) is 38.8 Å². The van der Waals surface area contributed by atoms with Crippen LogP contribution in [0.15, 0.2) is 78.9 Å². The maximum Gasteiger partial charge on any atom is 0.416 e. The van der Waals surface area contributed by atoms with Crippen molar-refractivity contribution in [1.82, 2.24) is 10.2 Å². The van der Waals surface area contributed by atoms with E-state index >= 15 is 0 Å². The fraction of sp³-hybridized carbons (Fsp3) is 0.375. The highest BCUT2D eigenvalue weighted by Gasteiger charge is 2.33. The number of carbonyl (C=O) groups excluding carboxylic acids is 2. The molecular weight excluding hydrogens is 579 g/mol. The van der Waals surface area contributed by atoms with Crippen LogP contribution >= 0.6 is 0 Å². The molecule has 3 rings (SSSR count). The molecule has 0 aliphatic carbocycles.